The van der Waals surface area contributed by atoms with Crippen LogP contribution in [0.15, 0.2) is 18.2 Å². The van der Waals surface area contributed by atoms with Crippen LogP contribution in [0.1, 0.15) is 27.2 Å². The van der Waals surface area contributed by atoms with Crippen molar-refractivity contribution in [1.82, 2.24) is 9.88 Å². The first-order chi connectivity index (χ1) is 9.52. The zero-order chi connectivity index (χ0) is 14.7. The second-order valence-electron chi connectivity index (χ2n) is 5.45. The van der Waals surface area contributed by atoms with Crippen LogP contribution in [-0.2, 0) is 4.79 Å². The highest BCUT2D eigenvalue weighted by Gasteiger charge is 2.29. The number of aromatic nitrogens is 1. The first kappa shape index (κ1) is 14.8. The molecule has 0 aliphatic carbocycles. The minimum Gasteiger partial charge on any atom is -0.350 e. The molecule has 4 nitrogen and oxygen atoms in total. The Morgan fingerprint density at radius 2 is 2.25 bits per heavy atom. The third-order valence-corrected chi connectivity index (χ3v) is 3.97. The number of pyridine rings is 1. The average Bonchev–Trinajstić information content (AvgIpc) is 2.45. The van der Waals surface area contributed by atoms with E-state index in [0.29, 0.717) is 25.5 Å². The minimum atomic E-state index is -0.465. The molecule has 1 aliphatic rings. The van der Waals surface area contributed by atoms with E-state index in [0.717, 1.165) is 6.42 Å². The average molecular weight is 279 g/mol. The first-order valence-electron chi connectivity index (χ1n) is 7.21. The van der Waals surface area contributed by atoms with E-state index < -0.39 is 5.95 Å². The van der Waals surface area contributed by atoms with Gasteiger partial charge in [0.05, 0.1) is 0 Å². The molecule has 0 spiro atoms. The smallest absolute Gasteiger partial charge is 0.225 e. The maximum Gasteiger partial charge on any atom is 0.225 e. The van der Waals surface area contributed by atoms with E-state index in [2.05, 4.69) is 9.88 Å². The van der Waals surface area contributed by atoms with E-state index >= 15 is 0 Å². The van der Waals surface area contributed by atoms with Crippen molar-refractivity contribution in [1.29, 1.82) is 0 Å². The highest BCUT2D eigenvalue weighted by atomic mass is 19.1. The van der Waals surface area contributed by atoms with Crippen molar-refractivity contribution in [2.75, 3.05) is 24.5 Å². The minimum absolute atomic E-state index is 0.0704. The molecule has 1 aromatic rings. The standard InChI is InChI=1S/C15H22FN3O/c1-4-11(2)15(20)18-8-9-19(12(3)10-18)14-7-5-6-13(16)17-14/h5-7,11-12H,4,8-10H2,1-3H3. The second kappa shape index (κ2) is 6.20. The predicted molar refractivity (Wildman–Crippen MR) is 77.0 cm³/mol. The van der Waals surface area contributed by atoms with Crippen LogP contribution in [-0.4, -0.2) is 41.5 Å². The highest BCUT2D eigenvalue weighted by Crippen LogP contribution is 2.20. The van der Waals surface area contributed by atoms with E-state index in [4.69, 9.17) is 0 Å². The summed E-state index contributed by atoms with van der Waals surface area (Å²) in [5.74, 6) is 0.466. The zero-order valence-corrected chi connectivity index (χ0v) is 12.3. The van der Waals surface area contributed by atoms with E-state index in [-0.39, 0.29) is 17.9 Å². The third-order valence-electron chi connectivity index (χ3n) is 3.97. The monoisotopic (exact) mass is 279 g/mol. The van der Waals surface area contributed by atoms with Crippen LogP contribution in [0.25, 0.3) is 0 Å². The Kier molecular flexibility index (Phi) is 4.57. The Hall–Kier alpha value is -1.65. The molecule has 0 bridgehead atoms. The van der Waals surface area contributed by atoms with Gasteiger partial charge in [0.1, 0.15) is 5.82 Å². The van der Waals surface area contributed by atoms with E-state index in [1.54, 1.807) is 6.07 Å². The Bertz CT molecular complexity index is 480. The van der Waals surface area contributed by atoms with Crippen molar-refractivity contribution in [3.8, 4) is 0 Å². The summed E-state index contributed by atoms with van der Waals surface area (Å²) in [4.78, 5) is 20.1. The molecule has 2 unspecified atom stereocenters. The summed E-state index contributed by atoms with van der Waals surface area (Å²) in [7, 11) is 0. The molecule has 20 heavy (non-hydrogen) atoms. The summed E-state index contributed by atoms with van der Waals surface area (Å²) in [5.41, 5.74) is 0. The Balaban J connectivity index is 2.04. The van der Waals surface area contributed by atoms with Gasteiger partial charge in [-0.2, -0.15) is 4.39 Å². The van der Waals surface area contributed by atoms with E-state index in [1.165, 1.54) is 6.07 Å². The second-order valence-corrected chi connectivity index (χ2v) is 5.45. The normalized spacial score (nSPS) is 20.9. The zero-order valence-electron chi connectivity index (χ0n) is 12.3. The molecule has 1 aromatic heterocycles. The van der Waals surface area contributed by atoms with Gasteiger partial charge in [-0.3, -0.25) is 4.79 Å². The number of anilines is 1. The maximum absolute atomic E-state index is 13.2. The topological polar surface area (TPSA) is 36.4 Å². The van der Waals surface area contributed by atoms with Crippen LogP contribution >= 0.6 is 0 Å². The van der Waals surface area contributed by atoms with Gasteiger partial charge in [0, 0.05) is 31.6 Å². The fraction of sp³-hybridized carbons (Fsp3) is 0.600. The van der Waals surface area contributed by atoms with Gasteiger partial charge in [-0.25, -0.2) is 4.98 Å². The van der Waals surface area contributed by atoms with Crippen LogP contribution < -0.4 is 4.90 Å². The summed E-state index contributed by atoms with van der Waals surface area (Å²) in [5, 5.41) is 0. The van der Waals surface area contributed by atoms with Gasteiger partial charge in [-0.05, 0) is 25.5 Å². The van der Waals surface area contributed by atoms with Crippen molar-refractivity contribution in [3.05, 3.63) is 24.1 Å². The van der Waals surface area contributed by atoms with Crippen molar-refractivity contribution >= 4 is 11.7 Å². The van der Waals surface area contributed by atoms with Crippen LogP contribution in [0.5, 0.6) is 0 Å². The van der Waals surface area contributed by atoms with E-state index in [1.807, 2.05) is 31.7 Å². The lowest BCUT2D eigenvalue weighted by Crippen LogP contribution is -2.55. The van der Waals surface area contributed by atoms with Crippen LogP contribution in [0.4, 0.5) is 10.2 Å². The number of piperazine rings is 1. The summed E-state index contributed by atoms with van der Waals surface area (Å²) in [6, 6.07) is 4.97. The molecule has 2 atom stereocenters. The summed E-state index contributed by atoms with van der Waals surface area (Å²) < 4.78 is 13.2. The van der Waals surface area contributed by atoms with Crippen LogP contribution in [0.3, 0.4) is 0 Å². The molecule has 1 amide bonds. The number of nitrogens with zero attached hydrogens (tertiary/aromatic N) is 3. The molecular weight excluding hydrogens is 257 g/mol. The lowest BCUT2D eigenvalue weighted by atomic mass is 10.1. The lowest BCUT2D eigenvalue weighted by molar-refractivity contribution is -0.135. The predicted octanol–water partition coefficient (Wildman–Crippen LogP) is 2.30. The van der Waals surface area contributed by atoms with Gasteiger partial charge in [0.2, 0.25) is 11.9 Å². The SMILES string of the molecule is CCC(C)C(=O)N1CCN(c2cccc(F)n2)C(C)C1. The van der Waals surface area contributed by atoms with Gasteiger partial charge in [0.25, 0.3) is 0 Å². The lowest BCUT2D eigenvalue weighted by Gasteiger charge is -2.41. The van der Waals surface area contributed by atoms with Gasteiger partial charge < -0.3 is 9.80 Å². The molecule has 2 heterocycles. The Morgan fingerprint density at radius 3 is 2.85 bits per heavy atom. The quantitative estimate of drug-likeness (QED) is 0.797. The molecule has 1 aliphatic heterocycles. The number of carbonyl (C=O) groups is 1. The molecule has 0 saturated carbocycles. The summed E-state index contributed by atoms with van der Waals surface area (Å²) in [6.07, 6.45) is 0.860. The summed E-state index contributed by atoms with van der Waals surface area (Å²) in [6.45, 7) is 8.07. The molecule has 5 heteroatoms. The van der Waals surface area contributed by atoms with E-state index in [9.17, 15) is 9.18 Å². The number of amides is 1. The number of halogens is 1. The van der Waals surface area contributed by atoms with Gasteiger partial charge in [-0.15, -0.1) is 0 Å². The van der Waals surface area contributed by atoms with Crippen molar-refractivity contribution in [2.45, 2.75) is 33.2 Å². The molecule has 110 valence electrons. The molecule has 0 radical (unpaired) electrons. The molecule has 1 saturated heterocycles. The van der Waals surface area contributed by atoms with Crippen molar-refractivity contribution in [3.63, 3.8) is 0 Å². The molecule has 0 aromatic carbocycles. The molecule has 0 N–H and O–H groups in total. The number of hydrogen-bond donors (Lipinski definition) is 0. The summed E-state index contributed by atoms with van der Waals surface area (Å²) >= 11 is 0. The maximum atomic E-state index is 13.2. The number of carbonyl (C=O) groups excluding carboxylic acids is 1. The van der Waals surface area contributed by atoms with Crippen LogP contribution in [0, 0.1) is 11.9 Å². The van der Waals surface area contributed by atoms with Gasteiger partial charge >= 0.3 is 0 Å². The number of rotatable bonds is 3. The first-order valence-corrected chi connectivity index (χ1v) is 7.21. The third kappa shape index (κ3) is 3.08. The largest absolute Gasteiger partial charge is 0.350 e. The van der Waals surface area contributed by atoms with Crippen LogP contribution in [0.2, 0.25) is 0 Å². The van der Waals surface area contributed by atoms with Gasteiger partial charge in [0.15, 0.2) is 0 Å². The fourth-order valence-electron chi connectivity index (χ4n) is 2.54. The molecule has 1 fully saturated rings. The molecular formula is C15H22FN3O. The van der Waals surface area contributed by atoms with Crippen molar-refractivity contribution in [2.24, 2.45) is 5.92 Å². The van der Waals surface area contributed by atoms with Crippen molar-refractivity contribution < 1.29 is 9.18 Å². The number of hydrogen-bond acceptors (Lipinski definition) is 3. The highest BCUT2D eigenvalue weighted by molar-refractivity contribution is 5.78. The fourth-order valence-corrected chi connectivity index (χ4v) is 2.54. The van der Waals surface area contributed by atoms with Gasteiger partial charge in [-0.1, -0.05) is 19.9 Å². The Labute approximate surface area is 119 Å². The Morgan fingerprint density at radius 1 is 1.50 bits per heavy atom. The molecule has 2 rings (SSSR count).